The molecular formula is C28H30F9N3O3. The number of ether oxygens (including phenoxy) is 1. The van der Waals surface area contributed by atoms with Crippen LogP contribution in [0.2, 0.25) is 0 Å². The van der Waals surface area contributed by atoms with Crippen molar-refractivity contribution in [3.8, 4) is 0 Å². The van der Waals surface area contributed by atoms with Crippen LogP contribution in [0.3, 0.4) is 0 Å². The highest BCUT2D eigenvalue weighted by Gasteiger charge is 2.41. The highest BCUT2D eigenvalue weighted by Crippen LogP contribution is 2.39. The molecule has 0 N–H and O–H groups in total. The number of hydrogen-bond acceptors (Lipinski definition) is 3. The smallest absolute Gasteiger partial charge is 0.416 e. The van der Waals surface area contributed by atoms with E-state index >= 15 is 0 Å². The molecular weight excluding hydrogens is 597 g/mol. The van der Waals surface area contributed by atoms with Crippen molar-refractivity contribution in [2.24, 2.45) is 0 Å². The number of piperidine rings is 1. The van der Waals surface area contributed by atoms with E-state index in [-0.39, 0.29) is 25.6 Å². The van der Waals surface area contributed by atoms with Gasteiger partial charge in [0.15, 0.2) is 0 Å². The molecule has 0 saturated carbocycles. The fourth-order valence-corrected chi connectivity index (χ4v) is 4.76. The Balaban J connectivity index is 1.97. The second-order valence-electron chi connectivity index (χ2n) is 11.2. The molecule has 2 aromatic carbocycles. The lowest BCUT2D eigenvalue weighted by Gasteiger charge is -2.43. The number of hydrogen-bond donors (Lipinski definition) is 0. The first-order valence-electron chi connectivity index (χ1n) is 12.9. The summed E-state index contributed by atoms with van der Waals surface area (Å²) in [5.74, 6) is -0.779. The van der Waals surface area contributed by atoms with Gasteiger partial charge < -0.3 is 14.5 Å². The second kappa shape index (κ2) is 11.8. The van der Waals surface area contributed by atoms with Crippen LogP contribution in [0.4, 0.5) is 54.8 Å². The summed E-state index contributed by atoms with van der Waals surface area (Å²) in [7, 11) is 2.29. The molecule has 3 rings (SSSR count). The Morgan fingerprint density at radius 3 is 1.72 bits per heavy atom. The van der Waals surface area contributed by atoms with Gasteiger partial charge in [-0.25, -0.2) is 9.59 Å². The van der Waals surface area contributed by atoms with Gasteiger partial charge in [0.05, 0.1) is 16.7 Å². The van der Waals surface area contributed by atoms with Crippen molar-refractivity contribution in [3.05, 3.63) is 64.7 Å². The molecule has 3 amide bonds. The zero-order valence-corrected chi connectivity index (χ0v) is 23.8. The zero-order valence-electron chi connectivity index (χ0n) is 23.8. The van der Waals surface area contributed by atoms with E-state index in [2.05, 4.69) is 0 Å². The summed E-state index contributed by atoms with van der Waals surface area (Å²) >= 11 is 0. The van der Waals surface area contributed by atoms with E-state index in [0.717, 1.165) is 24.1 Å². The number of halogens is 9. The zero-order chi connectivity index (χ0) is 32.7. The second-order valence-corrected chi connectivity index (χ2v) is 11.2. The Kier molecular flexibility index (Phi) is 9.28. The van der Waals surface area contributed by atoms with Crippen molar-refractivity contribution in [2.45, 2.75) is 63.3 Å². The maximum absolute atomic E-state index is 13.5. The van der Waals surface area contributed by atoms with Gasteiger partial charge in [0.2, 0.25) is 0 Å². The van der Waals surface area contributed by atoms with Crippen LogP contribution in [0, 0.1) is 0 Å². The van der Waals surface area contributed by atoms with E-state index < -0.39 is 70.6 Å². The molecule has 0 aliphatic carbocycles. The summed E-state index contributed by atoms with van der Waals surface area (Å²) in [6.07, 6.45) is -15.5. The van der Waals surface area contributed by atoms with E-state index in [4.69, 9.17) is 4.74 Å². The van der Waals surface area contributed by atoms with Gasteiger partial charge >= 0.3 is 30.7 Å². The third-order valence-corrected chi connectivity index (χ3v) is 6.94. The fraction of sp³-hybridized carbons (Fsp3) is 0.500. The topological polar surface area (TPSA) is 53.1 Å². The molecule has 1 fully saturated rings. The monoisotopic (exact) mass is 627 g/mol. The molecule has 2 aromatic rings. The SMILES string of the molecule is CN(C(=O)N(C)[C@@H]1CCN(C(=O)OC(C)(C)C)C[C@H]1c1ccc(C(F)(F)F)cc1)c1cc(C(F)(F)F)cc(C(F)(F)F)c1. The summed E-state index contributed by atoms with van der Waals surface area (Å²) in [5, 5.41) is 0. The van der Waals surface area contributed by atoms with Gasteiger partial charge in [-0.05, 0) is 63.1 Å². The minimum absolute atomic E-state index is 0.0554. The maximum Gasteiger partial charge on any atom is 0.416 e. The maximum atomic E-state index is 13.5. The van der Waals surface area contributed by atoms with Crippen molar-refractivity contribution in [1.82, 2.24) is 9.80 Å². The van der Waals surface area contributed by atoms with E-state index in [1.807, 2.05) is 0 Å². The number of anilines is 1. The Morgan fingerprint density at radius 2 is 1.28 bits per heavy atom. The number of likely N-dealkylation sites (tertiary alicyclic amines) is 1. The average Bonchev–Trinajstić information content (AvgIpc) is 2.89. The van der Waals surface area contributed by atoms with E-state index in [1.165, 1.54) is 24.1 Å². The molecule has 43 heavy (non-hydrogen) atoms. The van der Waals surface area contributed by atoms with E-state index in [1.54, 1.807) is 20.8 Å². The van der Waals surface area contributed by atoms with Gasteiger partial charge in [-0.3, -0.25) is 4.90 Å². The van der Waals surface area contributed by atoms with Gasteiger partial charge in [-0.1, -0.05) is 12.1 Å². The number of amides is 3. The number of likely N-dealkylation sites (N-methyl/N-ethyl adjacent to an activating group) is 1. The molecule has 0 spiro atoms. The van der Waals surface area contributed by atoms with Crippen molar-refractivity contribution in [2.75, 3.05) is 32.1 Å². The van der Waals surface area contributed by atoms with Crippen molar-refractivity contribution in [3.63, 3.8) is 0 Å². The summed E-state index contributed by atoms with van der Waals surface area (Å²) in [6.45, 7) is 4.90. The third-order valence-electron chi connectivity index (χ3n) is 6.94. The van der Waals surface area contributed by atoms with Crippen molar-refractivity contribution in [1.29, 1.82) is 0 Å². The molecule has 1 heterocycles. The molecule has 15 heteroatoms. The molecule has 0 radical (unpaired) electrons. The lowest BCUT2D eigenvalue weighted by Crippen LogP contribution is -2.54. The van der Waals surface area contributed by atoms with Crippen LogP contribution in [0.5, 0.6) is 0 Å². The van der Waals surface area contributed by atoms with Crippen LogP contribution >= 0.6 is 0 Å². The lowest BCUT2D eigenvalue weighted by molar-refractivity contribution is -0.143. The van der Waals surface area contributed by atoms with Gasteiger partial charge in [-0.2, -0.15) is 39.5 Å². The van der Waals surface area contributed by atoms with Crippen molar-refractivity contribution >= 4 is 17.8 Å². The lowest BCUT2D eigenvalue weighted by atomic mass is 9.85. The Hall–Kier alpha value is -3.65. The number of carbonyl (C=O) groups is 2. The molecule has 0 aromatic heterocycles. The first-order valence-corrected chi connectivity index (χ1v) is 12.9. The van der Waals surface area contributed by atoms with Crippen LogP contribution in [0.25, 0.3) is 0 Å². The third kappa shape index (κ3) is 8.25. The predicted octanol–water partition coefficient (Wildman–Crippen LogP) is 8.02. The normalized spacial score (nSPS) is 18.3. The van der Waals surface area contributed by atoms with Gasteiger partial charge in [0.1, 0.15) is 5.60 Å². The van der Waals surface area contributed by atoms with Gasteiger partial charge in [0.25, 0.3) is 0 Å². The van der Waals surface area contributed by atoms with Crippen LogP contribution < -0.4 is 4.90 Å². The minimum atomic E-state index is -5.13. The summed E-state index contributed by atoms with van der Waals surface area (Å²) in [6, 6.07) is 3.07. The molecule has 238 valence electrons. The first kappa shape index (κ1) is 33.8. The Morgan fingerprint density at radius 1 is 0.791 bits per heavy atom. The Labute approximate surface area is 242 Å². The Bertz CT molecular complexity index is 1280. The van der Waals surface area contributed by atoms with Crippen LogP contribution in [0.1, 0.15) is 55.4 Å². The molecule has 0 bridgehead atoms. The highest BCUT2D eigenvalue weighted by molar-refractivity contribution is 5.92. The van der Waals surface area contributed by atoms with Crippen LogP contribution in [0.15, 0.2) is 42.5 Å². The molecule has 0 unspecified atom stereocenters. The number of carbonyl (C=O) groups excluding carboxylic acids is 2. The molecule has 1 aliphatic rings. The molecule has 1 aliphatic heterocycles. The minimum Gasteiger partial charge on any atom is -0.444 e. The summed E-state index contributed by atoms with van der Waals surface area (Å²) < 4.78 is 125. The van der Waals surface area contributed by atoms with Crippen molar-refractivity contribution < 1.29 is 53.8 Å². The van der Waals surface area contributed by atoms with Gasteiger partial charge in [0, 0.05) is 44.8 Å². The number of urea groups is 1. The molecule has 6 nitrogen and oxygen atoms in total. The standard InChI is InChI=1S/C28H30F9N3O3/c1-25(2,3)43-24(42)40-11-10-22(21(15-40)16-6-8-17(9-7-16)26(29,30)31)39(5)23(41)38(4)20-13-18(27(32,33)34)12-19(14-20)28(35,36)37/h6-9,12-14,21-22H,10-11,15H2,1-5H3/t21-,22+/m0/s1. The highest BCUT2D eigenvalue weighted by atomic mass is 19.4. The van der Waals surface area contributed by atoms with Gasteiger partial charge in [-0.15, -0.1) is 0 Å². The number of rotatable bonds is 3. The first-order chi connectivity index (χ1) is 19.5. The molecule has 2 atom stereocenters. The van der Waals surface area contributed by atoms with Crippen LogP contribution in [-0.4, -0.2) is 60.8 Å². The van der Waals surface area contributed by atoms with E-state index in [0.29, 0.717) is 22.6 Å². The number of benzene rings is 2. The van der Waals surface area contributed by atoms with Crippen LogP contribution in [-0.2, 0) is 23.3 Å². The largest absolute Gasteiger partial charge is 0.444 e. The predicted molar refractivity (Wildman–Crippen MR) is 138 cm³/mol. The number of alkyl halides is 9. The van der Waals surface area contributed by atoms with E-state index in [9.17, 15) is 49.1 Å². The average molecular weight is 628 g/mol. The number of nitrogens with zero attached hydrogens (tertiary/aromatic N) is 3. The summed E-state index contributed by atoms with van der Waals surface area (Å²) in [5.41, 5.74) is -5.33. The summed E-state index contributed by atoms with van der Waals surface area (Å²) in [4.78, 5) is 29.3. The fourth-order valence-electron chi connectivity index (χ4n) is 4.76. The molecule has 1 saturated heterocycles. The quantitative estimate of drug-likeness (QED) is 0.324.